The molecule has 0 amide bonds. The predicted octanol–water partition coefficient (Wildman–Crippen LogP) is 4.51. The summed E-state index contributed by atoms with van der Waals surface area (Å²) in [5, 5.41) is 3.40. The molecule has 0 unspecified atom stereocenters. The third-order valence-corrected chi connectivity index (χ3v) is 4.68. The summed E-state index contributed by atoms with van der Waals surface area (Å²) in [5.41, 5.74) is 0.460. The van der Waals surface area contributed by atoms with Gasteiger partial charge in [-0.05, 0) is 24.3 Å². The lowest BCUT2D eigenvalue weighted by Gasteiger charge is -1.98. The average Bonchev–Trinajstić information content (AvgIpc) is 2.86. The first kappa shape index (κ1) is 13.9. The summed E-state index contributed by atoms with van der Waals surface area (Å²) in [6, 6.07) is 7.64. The highest BCUT2D eigenvalue weighted by Crippen LogP contribution is 2.25. The Balaban J connectivity index is 1.96. The first-order valence-electron chi connectivity index (χ1n) is 5.11. The van der Waals surface area contributed by atoms with Crippen LogP contribution in [0, 0.1) is 0 Å². The van der Waals surface area contributed by atoms with E-state index in [0.29, 0.717) is 5.69 Å². The van der Waals surface area contributed by atoms with Crippen molar-refractivity contribution in [3.8, 4) is 0 Å². The monoisotopic (exact) mass is 317 g/mol. The summed E-state index contributed by atoms with van der Waals surface area (Å²) in [7, 11) is 0. The molecule has 0 spiro atoms. The molecule has 2 rings (SSSR count). The molecule has 0 N–H and O–H groups in total. The lowest BCUT2D eigenvalue weighted by Crippen LogP contribution is -2.00. The molecule has 0 aliphatic carbocycles. The Labute approximate surface area is 123 Å². The number of carbonyl (C=O) groups is 1. The van der Waals surface area contributed by atoms with Crippen LogP contribution in [-0.2, 0) is 5.75 Å². The van der Waals surface area contributed by atoms with Crippen LogP contribution in [0.25, 0.3) is 0 Å². The number of nitrogens with zero attached hydrogens (tertiary/aromatic N) is 1. The van der Waals surface area contributed by atoms with Gasteiger partial charge < -0.3 is 0 Å². The zero-order valence-electron chi connectivity index (χ0n) is 9.23. The number of thiazole rings is 1. The fraction of sp³-hybridized carbons (Fsp3) is 0.167. The Morgan fingerprint density at radius 3 is 2.72 bits per heavy atom. The quantitative estimate of drug-likeness (QED) is 0.461. The van der Waals surface area contributed by atoms with Gasteiger partial charge in [0.25, 0.3) is 0 Å². The number of ketones is 1. The smallest absolute Gasteiger partial charge is 0.196 e. The number of carbonyl (C=O) groups excluding carboxylic acids is 1. The number of halogens is 2. The molecule has 1 aromatic heterocycles. The fourth-order valence-electron chi connectivity index (χ4n) is 1.25. The van der Waals surface area contributed by atoms with Crippen molar-refractivity contribution in [1.29, 1.82) is 0 Å². The van der Waals surface area contributed by atoms with Gasteiger partial charge in [0.15, 0.2) is 5.78 Å². The molecule has 0 bridgehead atoms. The molecule has 1 aromatic carbocycles. The van der Waals surface area contributed by atoms with Crippen LogP contribution in [0.1, 0.15) is 15.5 Å². The van der Waals surface area contributed by atoms with Crippen molar-refractivity contribution < 1.29 is 4.79 Å². The van der Waals surface area contributed by atoms with Gasteiger partial charge in [-0.1, -0.05) is 11.6 Å². The Hall–Kier alpha value is -0.550. The van der Waals surface area contributed by atoms with Gasteiger partial charge in [-0.2, -0.15) is 0 Å². The first-order chi connectivity index (χ1) is 8.69. The van der Waals surface area contributed by atoms with E-state index in [2.05, 4.69) is 4.98 Å². The summed E-state index contributed by atoms with van der Waals surface area (Å²) >= 11 is 14.4. The van der Waals surface area contributed by atoms with Gasteiger partial charge in [0, 0.05) is 15.3 Å². The Morgan fingerprint density at radius 1 is 1.33 bits per heavy atom. The first-order valence-corrected chi connectivity index (χ1v) is 7.89. The van der Waals surface area contributed by atoms with Crippen LogP contribution in [-0.4, -0.2) is 16.6 Å². The standard InChI is InChI=1S/C12H9Cl2NOS2/c13-5-11(16)10-6-18-12(15-10)7-17-9-3-1-8(14)2-4-9/h1-4,6H,5,7H2. The number of thioether (sulfide) groups is 1. The van der Waals surface area contributed by atoms with E-state index in [0.717, 1.165) is 20.7 Å². The third-order valence-electron chi connectivity index (χ3n) is 2.13. The molecule has 2 aromatic rings. The van der Waals surface area contributed by atoms with Crippen LogP contribution < -0.4 is 0 Å². The summed E-state index contributed by atoms with van der Waals surface area (Å²) in [5.74, 6) is 0.589. The molecule has 6 heteroatoms. The summed E-state index contributed by atoms with van der Waals surface area (Å²) in [4.78, 5) is 16.7. The number of benzene rings is 1. The molecule has 0 radical (unpaired) electrons. The van der Waals surface area contributed by atoms with Gasteiger partial charge in [0.2, 0.25) is 0 Å². The predicted molar refractivity (Wildman–Crippen MR) is 78.2 cm³/mol. The van der Waals surface area contributed by atoms with E-state index in [1.165, 1.54) is 11.3 Å². The van der Waals surface area contributed by atoms with Crippen molar-refractivity contribution in [2.45, 2.75) is 10.6 Å². The van der Waals surface area contributed by atoms with Gasteiger partial charge in [-0.25, -0.2) is 4.98 Å². The fourth-order valence-corrected chi connectivity index (χ4v) is 3.23. The van der Waals surface area contributed by atoms with Crippen molar-refractivity contribution in [1.82, 2.24) is 4.98 Å². The largest absolute Gasteiger partial charge is 0.291 e. The number of rotatable bonds is 5. The average molecular weight is 318 g/mol. The Morgan fingerprint density at radius 2 is 2.06 bits per heavy atom. The SMILES string of the molecule is O=C(CCl)c1csc(CSc2ccc(Cl)cc2)n1. The van der Waals surface area contributed by atoms with E-state index in [1.54, 1.807) is 17.1 Å². The lowest BCUT2D eigenvalue weighted by atomic mass is 10.3. The second kappa shape index (κ2) is 6.57. The van der Waals surface area contributed by atoms with Crippen LogP contribution in [0.3, 0.4) is 0 Å². The highest BCUT2D eigenvalue weighted by atomic mass is 35.5. The number of Topliss-reactive ketones (excluding diaryl/α,β-unsaturated/α-hetero) is 1. The number of hydrogen-bond donors (Lipinski definition) is 0. The van der Waals surface area contributed by atoms with E-state index in [1.807, 2.05) is 24.3 Å². The number of aromatic nitrogens is 1. The van der Waals surface area contributed by atoms with E-state index in [-0.39, 0.29) is 11.7 Å². The van der Waals surface area contributed by atoms with Crippen molar-refractivity contribution in [3.05, 3.63) is 45.4 Å². The van der Waals surface area contributed by atoms with E-state index < -0.39 is 0 Å². The Kier molecular flexibility index (Phi) is 5.06. The van der Waals surface area contributed by atoms with Crippen LogP contribution in [0.2, 0.25) is 5.02 Å². The molecular weight excluding hydrogens is 309 g/mol. The maximum absolute atomic E-state index is 11.3. The maximum atomic E-state index is 11.3. The van der Waals surface area contributed by atoms with Crippen molar-refractivity contribution in [2.24, 2.45) is 0 Å². The van der Waals surface area contributed by atoms with Gasteiger partial charge in [0.1, 0.15) is 10.7 Å². The van der Waals surface area contributed by atoms with Crippen molar-refractivity contribution in [3.63, 3.8) is 0 Å². The van der Waals surface area contributed by atoms with Crippen molar-refractivity contribution >= 4 is 52.1 Å². The molecule has 0 saturated heterocycles. The second-order valence-electron chi connectivity index (χ2n) is 3.43. The molecular formula is C12H9Cl2NOS2. The van der Waals surface area contributed by atoms with Crippen LogP contribution in [0.15, 0.2) is 34.5 Å². The Bertz CT molecular complexity index is 539. The normalized spacial score (nSPS) is 10.6. The lowest BCUT2D eigenvalue weighted by molar-refractivity contribution is 0.101. The van der Waals surface area contributed by atoms with E-state index in [4.69, 9.17) is 23.2 Å². The third kappa shape index (κ3) is 3.72. The van der Waals surface area contributed by atoms with Gasteiger partial charge >= 0.3 is 0 Å². The van der Waals surface area contributed by atoms with Crippen LogP contribution in [0.4, 0.5) is 0 Å². The molecule has 1 heterocycles. The molecule has 18 heavy (non-hydrogen) atoms. The minimum Gasteiger partial charge on any atom is -0.291 e. The highest BCUT2D eigenvalue weighted by Gasteiger charge is 2.09. The van der Waals surface area contributed by atoms with Crippen LogP contribution in [0.5, 0.6) is 0 Å². The molecule has 0 aliphatic rings. The highest BCUT2D eigenvalue weighted by molar-refractivity contribution is 7.98. The zero-order chi connectivity index (χ0) is 13.0. The van der Waals surface area contributed by atoms with Crippen molar-refractivity contribution in [2.75, 3.05) is 5.88 Å². The minimum absolute atomic E-state index is 0.0203. The second-order valence-corrected chi connectivity index (χ2v) is 6.12. The molecule has 0 saturated carbocycles. The van der Waals surface area contributed by atoms with E-state index in [9.17, 15) is 4.79 Å². The minimum atomic E-state index is -0.129. The summed E-state index contributed by atoms with van der Waals surface area (Å²) in [6.07, 6.45) is 0. The molecule has 0 aliphatic heterocycles. The zero-order valence-corrected chi connectivity index (χ0v) is 12.4. The topological polar surface area (TPSA) is 30.0 Å². The molecule has 0 fully saturated rings. The summed E-state index contributed by atoms with van der Waals surface area (Å²) in [6.45, 7) is 0. The van der Waals surface area contributed by atoms with E-state index >= 15 is 0 Å². The van der Waals surface area contributed by atoms with Crippen LogP contribution >= 0.6 is 46.3 Å². The summed E-state index contributed by atoms with van der Waals surface area (Å²) < 4.78 is 0. The molecule has 0 atom stereocenters. The maximum Gasteiger partial charge on any atom is 0.196 e. The van der Waals surface area contributed by atoms with Gasteiger partial charge in [0.05, 0.1) is 11.6 Å². The van der Waals surface area contributed by atoms with Gasteiger partial charge in [-0.15, -0.1) is 34.7 Å². The number of alkyl halides is 1. The molecule has 94 valence electrons. The number of hydrogen-bond acceptors (Lipinski definition) is 4. The van der Waals surface area contributed by atoms with Gasteiger partial charge in [-0.3, -0.25) is 4.79 Å². The molecule has 2 nitrogen and oxygen atoms in total.